The highest BCUT2D eigenvalue weighted by molar-refractivity contribution is 8.03. The minimum Gasteiger partial charge on any atom is -0.493 e. The summed E-state index contributed by atoms with van der Waals surface area (Å²) in [6, 6.07) is 13.0. The summed E-state index contributed by atoms with van der Waals surface area (Å²) in [5.74, 6) is -0.550. The van der Waals surface area contributed by atoms with Gasteiger partial charge in [-0.3, -0.25) is 14.8 Å². The SMILES string of the molecule is N#CSc1ccc(N=Cc2c(O)n(-c3cccc(Cl)c3)c(=O)[nH]c2=O)cc1. The third-order valence-electron chi connectivity index (χ3n) is 3.53. The number of aromatic hydroxyl groups is 1. The van der Waals surface area contributed by atoms with Gasteiger partial charge in [0.25, 0.3) is 5.56 Å². The van der Waals surface area contributed by atoms with Crippen molar-refractivity contribution in [1.82, 2.24) is 9.55 Å². The number of hydrogen-bond acceptors (Lipinski definition) is 6. The van der Waals surface area contributed by atoms with E-state index in [9.17, 15) is 14.7 Å². The first-order valence-electron chi connectivity index (χ1n) is 7.54. The topological polar surface area (TPSA) is 111 Å². The summed E-state index contributed by atoms with van der Waals surface area (Å²) < 4.78 is 0.932. The van der Waals surface area contributed by atoms with E-state index < -0.39 is 17.1 Å². The lowest BCUT2D eigenvalue weighted by Crippen LogP contribution is -2.31. The smallest absolute Gasteiger partial charge is 0.335 e. The number of benzene rings is 2. The molecule has 3 aromatic rings. The van der Waals surface area contributed by atoms with E-state index >= 15 is 0 Å². The van der Waals surface area contributed by atoms with Crippen molar-refractivity contribution in [3.63, 3.8) is 0 Å². The van der Waals surface area contributed by atoms with Crippen molar-refractivity contribution < 1.29 is 5.11 Å². The molecule has 0 bridgehead atoms. The zero-order valence-electron chi connectivity index (χ0n) is 13.6. The lowest BCUT2D eigenvalue weighted by atomic mass is 10.3. The first-order valence-corrected chi connectivity index (χ1v) is 8.73. The second-order valence-electron chi connectivity index (χ2n) is 5.26. The van der Waals surface area contributed by atoms with Crippen molar-refractivity contribution in [3.05, 3.63) is 80.0 Å². The lowest BCUT2D eigenvalue weighted by Gasteiger charge is -2.09. The molecule has 0 aliphatic heterocycles. The van der Waals surface area contributed by atoms with Crippen molar-refractivity contribution in [3.8, 4) is 17.0 Å². The minimum absolute atomic E-state index is 0.176. The molecule has 2 N–H and O–H groups in total. The molecule has 0 saturated carbocycles. The predicted octanol–water partition coefficient (Wildman–Crippen LogP) is 3.21. The Balaban J connectivity index is 2.03. The minimum atomic E-state index is -0.796. The van der Waals surface area contributed by atoms with Gasteiger partial charge >= 0.3 is 5.69 Å². The molecular formula is C18H11ClN4O3S. The number of thioether (sulfide) groups is 1. The van der Waals surface area contributed by atoms with Gasteiger partial charge in [-0.1, -0.05) is 17.7 Å². The van der Waals surface area contributed by atoms with E-state index in [2.05, 4.69) is 9.98 Å². The monoisotopic (exact) mass is 398 g/mol. The summed E-state index contributed by atoms with van der Waals surface area (Å²) in [7, 11) is 0. The van der Waals surface area contributed by atoms with Crippen LogP contribution >= 0.6 is 23.4 Å². The van der Waals surface area contributed by atoms with Crippen LogP contribution in [0.2, 0.25) is 5.02 Å². The molecule has 0 spiro atoms. The van der Waals surface area contributed by atoms with Crippen LogP contribution in [-0.4, -0.2) is 20.9 Å². The van der Waals surface area contributed by atoms with E-state index in [4.69, 9.17) is 16.9 Å². The number of aliphatic imine (C=N–C) groups is 1. The van der Waals surface area contributed by atoms with Gasteiger partial charge < -0.3 is 5.11 Å². The number of nitrogens with one attached hydrogen (secondary N) is 1. The molecule has 0 saturated heterocycles. The first-order chi connectivity index (χ1) is 13.0. The molecule has 9 heteroatoms. The van der Waals surface area contributed by atoms with Crippen molar-refractivity contribution in [1.29, 1.82) is 5.26 Å². The average molecular weight is 399 g/mol. The van der Waals surface area contributed by atoms with Crippen LogP contribution in [0, 0.1) is 10.7 Å². The summed E-state index contributed by atoms with van der Waals surface area (Å²) in [5.41, 5.74) is -0.929. The van der Waals surface area contributed by atoms with E-state index in [1.54, 1.807) is 42.5 Å². The Morgan fingerprint density at radius 1 is 1.22 bits per heavy atom. The van der Waals surface area contributed by atoms with E-state index in [-0.39, 0.29) is 5.56 Å². The standard InChI is InChI=1S/C18H11ClN4O3S/c19-11-2-1-3-13(8-11)23-17(25)15(16(24)22-18(23)26)9-21-12-4-6-14(7-5-12)27-10-20/h1-9,25H,(H,22,24,26). The molecule has 0 radical (unpaired) electrons. The van der Waals surface area contributed by atoms with Crippen molar-refractivity contribution in [2.75, 3.05) is 0 Å². The molecule has 27 heavy (non-hydrogen) atoms. The van der Waals surface area contributed by atoms with E-state index in [1.165, 1.54) is 12.3 Å². The zero-order chi connectivity index (χ0) is 19.4. The molecule has 3 rings (SSSR count). The third-order valence-corrected chi connectivity index (χ3v) is 4.36. The second kappa shape index (κ2) is 7.95. The fourth-order valence-corrected chi connectivity index (χ4v) is 2.86. The first kappa shape index (κ1) is 18.5. The summed E-state index contributed by atoms with van der Waals surface area (Å²) >= 11 is 6.95. The summed E-state index contributed by atoms with van der Waals surface area (Å²) in [5, 5.41) is 21.4. The number of H-pyrrole nitrogens is 1. The predicted molar refractivity (Wildman–Crippen MR) is 105 cm³/mol. The maximum Gasteiger partial charge on any atom is 0.335 e. The number of aromatic nitrogens is 2. The number of aromatic amines is 1. The van der Waals surface area contributed by atoms with Crippen LogP contribution in [0.4, 0.5) is 5.69 Å². The number of hydrogen-bond donors (Lipinski definition) is 2. The van der Waals surface area contributed by atoms with Crippen molar-refractivity contribution in [2.45, 2.75) is 4.90 Å². The molecule has 0 amide bonds. The molecule has 1 aromatic heterocycles. The van der Waals surface area contributed by atoms with Crippen molar-refractivity contribution in [2.24, 2.45) is 4.99 Å². The maximum atomic E-state index is 12.1. The van der Waals surface area contributed by atoms with Crippen LogP contribution < -0.4 is 11.2 Å². The van der Waals surface area contributed by atoms with Gasteiger partial charge in [-0.2, -0.15) is 5.26 Å². The van der Waals surface area contributed by atoms with Crippen molar-refractivity contribution >= 4 is 35.3 Å². The molecule has 2 aromatic carbocycles. The fourth-order valence-electron chi connectivity index (χ4n) is 2.30. The zero-order valence-corrected chi connectivity index (χ0v) is 15.2. The number of rotatable bonds is 4. The maximum absolute atomic E-state index is 12.1. The molecule has 0 atom stereocenters. The number of nitriles is 1. The molecule has 0 aliphatic rings. The number of thiocyanates is 1. The Kier molecular flexibility index (Phi) is 5.45. The Hall–Kier alpha value is -3.28. The van der Waals surface area contributed by atoms with E-state index in [1.807, 2.05) is 5.40 Å². The molecule has 0 unspecified atom stereocenters. The van der Waals surface area contributed by atoms with Crippen LogP contribution in [0.1, 0.15) is 5.56 Å². The van der Waals surface area contributed by atoms with Gasteiger partial charge in [0, 0.05) is 16.1 Å². The highest BCUT2D eigenvalue weighted by Crippen LogP contribution is 2.22. The third kappa shape index (κ3) is 4.11. The molecule has 0 fully saturated rings. The van der Waals surface area contributed by atoms with Gasteiger partial charge in [0.1, 0.15) is 11.0 Å². The van der Waals surface area contributed by atoms with Gasteiger partial charge in [0.15, 0.2) is 0 Å². The van der Waals surface area contributed by atoms with Gasteiger partial charge in [0.2, 0.25) is 5.88 Å². The number of halogens is 1. The van der Waals surface area contributed by atoms with Crippen LogP contribution in [0.15, 0.2) is 68.0 Å². The van der Waals surface area contributed by atoms with Crippen LogP contribution in [-0.2, 0) is 0 Å². The second-order valence-corrected chi connectivity index (χ2v) is 6.55. The quantitative estimate of drug-likeness (QED) is 0.398. The normalized spacial score (nSPS) is 10.8. The summed E-state index contributed by atoms with van der Waals surface area (Å²) in [6.45, 7) is 0. The van der Waals surface area contributed by atoms with Crippen LogP contribution in [0.3, 0.4) is 0 Å². The van der Waals surface area contributed by atoms with E-state index in [0.717, 1.165) is 21.2 Å². The largest absolute Gasteiger partial charge is 0.493 e. The molecule has 0 aliphatic carbocycles. The van der Waals surface area contributed by atoms with E-state index in [0.29, 0.717) is 16.4 Å². The molecule has 1 heterocycles. The van der Waals surface area contributed by atoms with Gasteiger partial charge in [-0.25, -0.2) is 9.36 Å². The molecule has 7 nitrogen and oxygen atoms in total. The lowest BCUT2D eigenvalue weighted by molar-refractivity contribution is 0.430. The molecule has 134 valence electrons. The Morgan fingerprint density at radius 3 is 2.63 bits per heavy atom. The fraction of sp³-hybridized carbons (Fsp3) is 0. The molecular weight excluding hydrogens is 388 g/mol. The Morgan fingerprint density at radius 2 is 1.96 bits per heavy atom. The highest BCUT2D eigenvalue weighted by atomic mass is 35.5. The Labute approximate surface area is 162 Å². The average Bonchev–Trinajstić information content (AvgIpc) is 2.63. The van der Waals surface area contributed by atoms with Crippen LogP contribution in [0.5, 0.6) is 5.88 Å². The highest BCUT2D eigenvalue weighted by Gasteiger charge is 2.14. The summed E-state index contributed by atoms with van der Waals surface area (Å²) in [6.07, 6.45) is 1.17. The summed E-state index contributed by atoms with van der Waals surface area (Å²) in [4.78, 5) is 31.3. The van der Waals surface area contributed by atoms with Gasteiger partial charge in [0.05, 0.1) is 11.4 Å². The Bertz CT molecular complexity index is 1180. The van der Waals surface area contributed by atoms with Gasteiger partial charge in [-0.15, -0.1) is 0 Å². The van der Waals surface area contributed by atoms with Crippen LogP contribution in [0.25, 0.3) is 5.69 Å². The van der Waals surface area contributed by atoms with Gasteiger partial charge in [-0.05, 0) is 54.2 Å². The number of nitrogens with zero attached hydrogens (tertiary/aromatic N) is 3.